The smallest absolute Gasteiger partial charge is 0.320 e. The number of hydrogen-bond acceptors (Lipinski definition) is 4. The van der Waals surface area contributed by atoms with Crippen LogP contribution in [0.4, 0.5) is 0 Å². The molecule has 1 aromatic heterocycles. The third-order valence-corrected chi connectivity index (χ3v) is 4.36. The molecule has 112 valence electrons. The maximum Gasteiger partial charge on any atom is 0.320 e. The zero-order chi connectivity index (χ0) is 14.8. The van der Waals surface area contributed by atoms with Crippen molar-refractivity contribution in [3.63, 3.8) is 0 Å². The lowest BCUT2D eigenvalue weighted by Gasteiger charge is -2.36. The van der Waals surface area contributed by atoms with Gasteiger partial charge in [0, 0.05) is 0 Å². The van der Waals surface area contributed by atoms with Crippen LogP contribution in [-0.4, -0.2) is 33.5 Å². The number of hydrogen-bond donors (Lipinski definition) is 1. The summed E-state index contributed by atoms with van der Waals surface area (Å²) < 4.78 is 5.71. The minimum Gasteiger partial charge on any atom is -0.480 e. The van der Waals surface area contributed by atoms with Gasteiger partial charge in [-0.15, -0.1) is 0 Å². The Morgan fingerprint density at radius 1 is 1.48 bits per heavy atom. The molecule has 1 N–H and O–H groups in total. The summed E-state index contributed by atoms with van der Waals surface area (Å²) in [7, 11) is 0. The molecular weight excluding hydrogens is 268 g/mol. The predicted octanol–water partition coefficient (Wildman–Crippen LogP) is 2.90. The van der Waals surface area contributed by atoms with Crippen molar-refractivity contribution in [2.45, 2.75) is 38.8 Å². The highest BCUT2D eigenvalue weighted by molar-refractivity contribution is 5.74. The second kappa shape index (κ2) is 5.85. The van der Waals surface area contributed by atoms with Gasteiger partial charge < -0.3 is 9.52 Å². The highest BCUT2D eigenvalue weighted by Gasteiger charge is 2.33. The fraction of sp³-hybridized carbons (Fsp3) is 0.500. The molecule has 1 fully saturated rings. The van der Waals surface area contributed by atoms with E-state index >= 15 is 0 Å². The van der Waals surface area contributed by atoms with Crippen molar-refractivity contribution >= 4 is 17.1 Å². The topological polar surface area (TPSA) is 66.6 Å². The fourth-order valence-corrected chi connectivity index (χ4v) is 3.07. The maximum atomic E-state index is 11.5. The van der Waals surface area contributed by atoms with Crippen molar-refractivity contribution in [2.24, 2.45) is 5.92 Å². The molecule has 0 amide bonds. The molecule has 1 saturated heterocycles. The first-order valence-electron chi connectivity index (χ1n) is 7.48. The summed E-state index contributed by atoms with van der Waals surface area (Å²) in [5, 5.41) is 9.45. The number of fused-ring (bicyclic) bond motifs is 1. The van der Waals surface area contributed by atoms with Crippen molar-refractivity contribution in [3.8, 4) is 0 Å². The average molecular weight is 288 g/mol. The number of aromatic nitrogens is 1. The number of carboxylic acid groups (broad SMARTS) is 1. The van der Waals surface area contributed by atoms with Crippen molar-refractivity contribution in [3.05, 3.63) is 30.2 Å². The van der Waals surface area contributed by atoms with Gasteiger partial charge in [0.2, 0.25) is 5.89 Å². The van der Waals surface area contributed by atoms with E-state index in [2.05, 4.69) is 11.9 Å². The molecule has 5 heteroatoms. The monoisotopic (exact) mass is 288 g/mol. The highest BCUT2D eigenvalue weighted by atomic mass is 16.4. The number of likely N-dealkylation sites (tertiary alicyclic amines) is 1. The number of para-hydroxylation sites is 2. The van der Waals surface area contributed by atoms with E-state index in [-0.39, 0.29) is 0 Å². The minimum atomic E-state index is -0.746. The average Bonchev–Trinajstić information content (AvgIpc) is 2.89. The number of carbonyl (C=O) groups is 1. The number of benzene rings is 1. The van der Waals surface area contributed by atoms with E-state index in [1.165, 1.54) is 0 Å². The summed E-state index contributed by atoms with van der Waals surface area (Å²) in [6.07, 6.45) is 2.80. The van der Waals surface area contributed by atoms with Crippen molar-refractivity contribution in [2.75, 3.05) is 6.54 Å². The third-order valence-electron chi connectivity index (χ3n) is 4.36. The Morgan fingerprint density at radius 2 is 2.29 bits per heavy atom. The van der Waals surface area contributed by atoms with Crippen LogP contribution in [0.1, 0.15) is 32.1 Å². The fourth-order valence-electron chi connectivity index (χ4n) is 3.07. The summed E-state index contributed by atoms with van der Waals surface area (Å²) in [4.78, 5) is 17.9. The van der Waals surface area contributed by atoms with Crippen molar-refractivity contribution < 1.29 is 14.3 Å². The summed E-state index contributed by atoms with van der Waals surface area (Å²) in [5.41, 5.74) is 1.57. The summed E-state index contributed by atoms with van der Waals surface area (Å²) in [6, 6.07) is 7.18. The lowest BCUT2D eigenvalue weighted by molar-refractivity contribution is -0.145. The zero-order valence-corrected chi connectivity index (χ0v) is 12.2. The summed E-state index contributed by atoms with van der Waals surface area (Å²) in [6.45, 7) is 3.37. The van der Waals surface area contributed by atoms with Crippen LogP contribution in [0, 0.1) is 5.92 Å². The molecule has 2 aromatic rings. The van der Waals surface area contributed by atoms with E-state index < -0.39 is 12.0 Å². The van der Waals surface area contributed by atoms with Gasteiger partial charge in [0.05, 0.1) is 6.54 Å². The molecule has 1 aliphatic rings. The number of carboxylic acids is 1. The van der Waals surface area contributed by atoms with E-state index in [0.29, 0.717) is 24.8 Å². The van der Waals surface area contributed by atoms with Gasteiger partial charge in [0.1, 0.15) is 11.6 Å². The molecule has 0 radical (unpaired) electrons. The number of nitrogens with zero attached hydrogens (tertiary/aromatic N) is 2. The first-order valence-corrected chi connectivity index (χ1v) is 7.48. The molecule has 0 bridgehead atoms. The van der Waals surface area contributed by atoms with Gasteiger partial charge in [-0.2, -0.15) is 0 Å². The van der Waals surface area contributed by atoms with Crippen LogP contribution in [0.25, 0.3) is 11.1 Å². The lowest BCUT2D eigenvalue weighted by Crippen LogP contribution is -2.46. The van der Waals surface area contributed by atoms with E-state index in [0.717, 1.165) is 30.5 Å². The minimum absolute atomic E-state index is 0.432. The molecule has 2 atom stereocenters. The van der Waals surface area contributed by atoms with Crippen LogP contribution in [0.3, 0.4) is 0 Å². The molecule has 0 aliphatic carbocycles. The van der Waals surface area contributed by atoms with Crippen molar-refractivity contribution in [1.82, 2.24) is 9.88 Å². The molecule has 3 rings (SSSR count). The quantitative estimate of drug-likeness (QED) is 0.937. The molecule has 0 saturated carbocycles. The van der Waals surface area contributed by atoms with Crippen LogP contribution in [0.15, 0.2) is 28.7 Å². The molecule has 1 aliphatic heterocycles. The summed E-state index contributed by atoms with van der Waals surface area (Å²) >= 11 is 0. The first kappa shape index (κ1) is 14.1. The van der Waals surface area contributed by atoms with Crippen LogP contribution >= 0.6 is 0 Å². The summed E-state index contributed by atoms with van der Waals surface area (Å²) in [5.74, 6) is 0.354. The standard InChI is InChI=1S/C16H20N2O3/c1-2-11-7-8-18(13(9-11)16(19)20)10-15-17-12-5-3-4-6-14(12)21-15/h3-6,11,13H,2,7-10H2,1H3,(H,19,20). The van der Waals surface area contributed by atoms with Gasteiger partial charge in [0.25, 0.3) is 0 Å². The Kier molecular flexibility index (Phi) is 3.92. The Hall–Kier alpha value is -1.88. The van der Waals surface area contributed by atoms with E-state index in [9.17, 15) is 9.90 Å². The van der Waals surface area contributed by atoms with Gasteiger partial charge in [0.15, 0.2) is 5.58 Å². The highest BCUT2D eigenvalue weighted by Crippen LogP contribution is 2.27. The SMILES string of the molecule is CCC1CCN(Cc2nc3ccccc3o2)C(C(=O)O)C1. The van der Waals surface area contributed by atoms with Gasteiger partial charge in [-0.1, -0.05) is 25.5 Å². The Morgan fingerprint density at radius 3 is 3.00 bits per heavy atom. The van der Waals surface area contributed by atoms with E-state index in [1.807, 2.05) is 29.2 Å². The second-order valence-electron chi connectivity index (χ2n) is 5.70. The maximum absolute atomic E-state index is 11.5. The number of rotatable bonds is 4. The molecule has 2 heterocycles. The first-order chi connectivity index (χ1) is 10.2. The van der Waals surface area contributed by atoms with Gasteiger partial charge in [-0.05, 0) is 37.4 Å². The van der Waals surface area contributed by atoms with Crippen molar-refractivity contribution in [1.29, 1.82) is 0 Å². The molecular formula is C16H20N2O3. The second-order valence-corrected chi connectivity index (χ2v) is 5.70. The van der Waals surface area contributed by atoms with Crippen LogP contribution in [0.2, 0.25) is 0 Å². The Bertz CT molecular complexity index is 604. The number of oxazole rings is 1. The molecule has 2 unspecified atom stereocenters. The molecule has 5 nitrogen and oxygen atoms in total. The molecule has 21 heavy (non-hydrogen) atoms. The van der Waals surface area contributed by atoms with E-state index in [4.69, 9.17) is 4.42 Å². The molecule has 1 aromatic carbocycles. The third kappa shape index (κ3) is 2.93. The van der Waals surface area contributed by atoms with Gasteiger partial charge in [-0.3, -0.25) is 9.69 Å². The van der Waals surface area contributed by atoms with Crippen LogP contribution in [0.5, 0.6) is 0 Å². The predicted molar refractivity (Wildman–Crippen MR) is 78.9 cm³/mol. The van der Waals surface area contributed by atoms with E-state index in [1.54, 1.807) is 0 Å². The Labute approximate surface area is 123 Å². The number of aliphatic carboxylic acids is 1. The molecule has 0 spiro atoms. The zero-order valence-electron chi connectivity index (χ0n) is 12.2. The number of piperidine rings is 1. The largest absolute Gasteiger partial charge is 0.480 e. The van der Waals surface area contributed by atoms with Crippen LogP contribution < -0.4 is 0 Å². The van der Waals surface area contributed by atoms with Gasteiger partial charge >= 0.3 is 5.97 Å². The Balaban J connectivity index is 1.77. The normalized spacial score (nSPS) is 23.5. The van der Waals surface area contributed by atoms with Crippen LogP contribution in [-0.2, 0) is 11.3 Å². The lowest BCUT2D eigenvalue weighted by atomic mass is 9.89. The van der Waals surface area contributed by atoms with Gasteiger partial charge in [-0.25, -0.2) is 4.98 Å².